The first-order valence-corrected chi connectivity index (χ1v) is 8.10. The predicted molar refractivity (Wildman–Crippen MR) is 85.5 cm³/mol. The molecule has 6 nitrogen and oxygen atoms in total. The van der Waals surface area contributed by atoms with Crippen molar-refractivity contribution < 1.29 is 14.3 Å². The number of nitrogens with one attached hydrogen (secondary N) is 1. The fourth-order valence-corrected chi connectivity index (χ4v) is 3.36. The zero-order valence-electron chi connectivity index (χ0n) is 11.8. The molecule has 1 aromatic heterocycles. The van der Waals surface area contributed by atoms with Crippen molar-refractivity contribution in [1.29, 1.82) is 0 Å². The standard InChI is InChI=1S/C14H14ClN3O3S/c1-8(19)16-6-10-7-18(14(20)21-10)9-2-3-11-12(4-9)22-13(5-15)17-11/h2-4,10H,5-7H2,1H3,(H,16,19)/t10-/m0/s1. The molecule has 1 N–H and O–H groups in total. The molecule has 0 saturated carbocycles. The lowest BCUT2D eigenvalue weighted by atomic mass is 10.2. The zero-order chi connectivity index (χ0) is 15.7. The summed E-state index contributed by atoms with van der Waals surface area (Å²) in [4.78, 5) is 28.9. The van der Waals surface area contributed by atoms with E-state index in [9.17, 15) is 9.59 Å². The molecule has 1 saturated heterocycles. The van der Waals surface area contributed by atoms with Crippen molar-refractivity contribution in [2.24, 2.45) is 0 Å². The highest BCUT2D eigenvalue weighted by Gasteiger charge is 2.32. The van der Waals surface area contributed by atoms with Gasteiger partial charge in [0.15, 0.2) is 0 Å². The first-order valence-electron chi connectivity index (χ1n) is 6.75. The van der Waals surface area contributed by atoms with Crippen LogP contribution in [0.5, 0.6) is 0 Å². The first-order chi connectivity index (χ1) is 10.6. The molecule has 8 heteroatoms. The van der Waals surface area contributed by atoms with Crippen molar-refractivity contribution in [3.8, 4) is 0 Å². The molecular formula is C14H14ClN3O3S. The van der Waals surface area contributed by atoms with Crippen LogP contribution in [-0.2, 0) is 15.4 Å². The van der Waals surface area contributed by atoms with Crippen molar-refractivity contribution >= 4 is 50.8 Å². The number of ether oxygens (including phenoxy) is 1. The molecule has 2 aromatic rings. The molecule has 1 aliphatic rings. The van der Waals surface area contributed by atoms with Crippen LogP contribution in [0.2, 0.25) is 0 Å². The number of rotatable bonds is 4. The minimum Gasteiger partial charge on any atom is -0.442 e. The van der Waals surface area contributed by atoms with Crippen LogP contribution in [-0.4, -0.2) is 36.2 Å². The number of fused-ring (bicyclic) bond motifs is 1. The van der Waals surface area contributed by atoms with Crippen molar-refractivity contribution in [2.75, 3.05) is 18.0 Å². The zero-order valence-corrected chi connectivity index (χ0v) is 13.4. The summed E-state index contributed by atoms with van der Waals surface area (Å²) in [7, 11) is 0. The van der Waals surface area contributed by atoms with E-state index in [2.05, 4.69) is 10.3 Å². The van der Waals surface area contributed by atoms with Gasteiger partial charge in [0.2, 0.25) is 5.91 Å². The van der Waals surface area contributed by atoms with Crippen molar-refractivity contribution in [1.82, 2.24) is 10.3 Å². The molecule has 1 aromatic carbocycles. The number of halogens is 1. The molecule has 0 radical (unpaired) electrons. The van der Waals surface area contributed by atoms with Crippen LogP contribution in [0.3, 0.4) is 0 Å². The van der Waals surface area contributed by atoms with E-state index in [-0.39, 0.29) is 12.0 Å². The molecular weight excluding hydrogens is 326 g/mol. The van der Waals surface area contributed by atoms with E-state index in [1.54, 1.807) is 4.90 Å². The van der Waals surface area contributed by atoms with Gasteiger partial charge in [-0.05, 0) is 18.2 Å². The maximum absolute atomic E-state index is 12.0. The maximum Gasteiger partial charge on any atom is 0.414 e. The first kappa shape index (κ1) is 15.1. The molecule has 2 amide bonds. The van der Waals surface area contributed by atoms with Gasteiger partial charge in [0, 0.05) is 12.6 Å². The fraction of sp³-hybridized carbons (Fsp3) is 0.357. The number of alkyl halides is 1. The number of cyclic esters (lactones) is 1. The van der Waals surface area contributed by atoms with Crippen LogP contribution < -0.4 is 10.2 Å². The molecule has 116 valence electrons. The van der Waals surface area contributed by atoms with Crippen LogP contribution in [0.4, 0.5) is 10.5 Å². The molecule has 1 aliphatic heterocycles. The summed E-state index contributed by atoms with van der Waals surface area (Å²) in [5.41, 5.74) is 1.62. The van der Waals surface area contributed by atoms with Crippen LogP contribution in [0.25, 0.3) is 10.2 Å². The summed E-state index contributed by atoms with van der Waals surface area (Å²) in [6.45, 7) is 2.16. The minimum atomic E-state index is -0.406. The number of thiazole rings is 1. The third-order valence-corrected chi connectivity index (χ3v) is 4.72. The number of hydrogen-bond donors (Lipinski definition) is 1. The number of nitrogens with zero attached hydrogens (tertiary/aromatic N) is 2. The Morgan fingerprint density at radius 1 is 1.59 bits per heavy atom. The smallest absolute Gasteiger partial charge is 0.414 e. The second-order valence-electron chi connectivity index (χ2n) is 4.95. The van der Waals surface area contributed by atoms with Gasteiger partial charge in [-0.25, -0.2) is 9.78 Å². The van der Waals surface area contributed by atoms with E-state index < -0.39 is 6.09 Å². The van der Waals surface area contributed by atoms with Gasteiger partial charge in [0.25, 0.3) is 0 Å². The minimum absolute atomic E-state index is 0.144. The maximum atomic E-state index is 12.0. The van der Waals surface area contributed by atoms with Gasteiger partial charge in [0.05, 0.1) is 29.2 Å². The largest absolute Gasteiger partial charge is 0.442 e. The van der Waals surface area contributed by atoms with Gasteiger partial charge in [-0.1, -0.05) is 0 Å². The number of carbonyl (C=O) groups excluding carboxylic acids is 2. The number of benzene rings is 1. The number of anilines is 1. The number of hydrogen-bond acceptors (Lipinski definition) is 5. The Balaban J connectivity index is 1.78. The summed E-state index contributed by atoms with van der Waals surface area (Å²) >= 11 is 7.30. The lowest BCUT2D eigenvalue weighted by molar-refractivity contribution is -0.119. The summed E-state index contributed by atoms with van der Waals surface area (Å²) in [6.07, 6.45) is -0.747. The monoisotopic (exact) mass is 339 g/mol. The third-order valence-electron chi connectivity index (χ3n) is 3.30. The van der Waals surface area contributed by atoms with Gasteiger partial charge < -0.3 is 10.1 Å². The van der Waals surface area contributed by atoms with E-state index in [4.69, 9.17) is 16.3 Å². The van der Waals surface area contributed by atoms with Gasteiger partial charge in [-0.3, -0.25) is 9.69 Å². The van der Waals surface area contributed by atoms with Gasteiger partial charge in [-0.15, -0.1) is 22.9 Å². The Hall–Kier alpha value is -1.86. The predicted octanol–water partition coefficient (Wildman–Crippen LogP) is 2.50. The molecule has 0 spiro atoms. The number of amides is 2. The lowest BCUT2D eigenvalue weighted by Gasteiger charge is -2.12. The molecule has 0 bridgehead atoms. The Labute approximate surface area is 136 Å². The van der Waals surface area contributed by atoms with E-state index in [0.29, 0.717) is 19.0 Å². The van der Waals surface area contributed by atoms with E-state index in [1.165, 1.54) is 18.3 Å². The summed E-state index contributed by atoms with van der Waals surface area (Å²) in [5, 5.41) is 3.50. The topological polar surface area (TPSA) is 71.5 Å². The number of carbonyl (C=O) groups is 2. The van der Waals surface area contributed by atoms with Gasteiger partial charge >= 0.3 is 6.09 Å². The van der Waals surface area contributed by atoms with E-state index in [1.807, 2.05) is 18.2 Å². The second kappa shape index (κ2) is 6.10. The SMILES string of the molecule is CC(=O)NC[C@H]1CN(c2ccc3nc(CCl)sc3c2)C(=O)O1. The highest BCUT2D eigenvalue weighted by Crippen LogP contribution is 2.29. The van der Waals surface area contributed by atoms with E-state index in [0.717, 1.165) is 20.9 Å². The Morgan fingerprint density at radius 2 is 2.41 bits per heavy atom. The summed E-state index contributed by atoms with van der Waals surface area (Å²) in [6, 6.07) is 5.61. The highest BCUT2D eigenvalue weighted by atomic mass is 35.5. The Bertz CT molecular complexity index is 733. The normalized spacial score (nSPS) is 17.8. The average molecular weight is 340 g/mol. The molecule has 0 unspecified atom stereocenters. The Kier molecular flexibility index (Phi) is 4.17. The van der Waals surface area contributed by atoms with Crippen LogP contribution in [0.1, 0.15) is 11.9 Å². The molecule has 0 aliphatic carbocycles. The van der Waals surface area contributed by atoms with Crippen LogP contribution in [0.15, 0.2) is 18.2 Å². The van der Waals surface area contributed by atoms with Gasteiger partial charge in [-0.2, -0.15) is 0 Å². The Morgan fingerprint density at radius 3 is 3.14 bits per heavy atom. The average Bonchev–Trinajstić information content (AvgIpc) is 3.07. The lowest BCUT2D eigenvalue weighted by Crippen LogP contribution is -2.33. The molecule has 22 heavy (non-hydrogen) atoms. The summed E-state index contributed by atoms with van der Waals surface area (Å²) < 4.78 is 6.23. The fourth-order valence-electron chi connectivity index (χ4n) is 2.28. The molecule has 2 heterocycles. The van der Waals surface area contributed by atoms with Crippen molar-refractivity contribution in [2.45, 2.75) is 18.9 Å². The van der Waals surface area contributed by atoms with Crippen molar-refractivity contribution in [3.05, 3.63) is 23.2 Å². The van der Waals surface area contributed by atoms with Gasteiger partial charge in [0.1, 0.15) is 11.1 Å². The quantitative estimate of drug-likeness (QED) is 0.869. The molecule has 1 fully saturated rings. The van der Waals surface area contributed by atoms with Crippen LogP contribution >= 0.6 is 22.9 Å². The highest BCUT2D eigenvalue weighted by molar-refractivity contribution is 7.18. The van der Waals surface area contributed by atoms with Crippen LogP contribution in [0, 0.1) is 0 Å². The third kappa shape index (κ3) is 3.00. The summed E-state index contributed by atoms with van der Waals surface area (Å²) in [5.74, 6) is 0.230. The molecule has 3 rings (SSSR count). The second-order valence-corrected chi connectivity index (χ2v) is 6.33. The molecule has 1 atom stereocenters. The van der Waals surface area contributed by atoms with E-state index >= 15 is 0 Å². The van der Waals surface area contributed by atoms with Crippen molar-refractivity contribution in [3.63, 3.8) is 0 Å². The number of aromatic nitrogens is 1.